The molecule has 0 heterocycles. The highest BCUT2D eigenvalue weighted by Crippen LogP contribution is 2.32. The van der Waals surface area contributed by atoms with Gasteiger partial charge in [-0.3, -0.25) is 0 Å². The summed E-state index contributed by atoms with van der Waals surface area (Å²) in [5, 5.41) is 0. The molecular weight excluding hydrogens is 224 g/mol. The summed E-state index contributed by atoms with van der Waals surface area (Å²) >= 11 is 0. The topological polar surface area (TPSA) is 38.5 Å². The zero-order valence-corrected chi connectivity index (χ0v) is 11.4. The number of methoxy groups -OCH3 is 1. The Morgan fingerprint density at radius 2 is 2.11 bits per heavy atom. The van der Waals surface area contributed by atoms with Crippen molar-refractivity contribution in [3.8, 4) is 5.75 Å². The lowest BCUT2D eigenvalue weighted by Crippen LogP contribution is -2.28. The lowest BCUT2D eigenvalue weighted by molar-refractivity contribution is 0.277. The Kier molecular flexibility index (Phi) is 3.92. The first-order valence-corrected chi connectivity index (χ1v) is 6.41. The third-order valence-electron chi connectivity index (χ3n) is 3.72. The molecule has 2 rings (SSSR count). The molecule has 98 valence electrons. The fraction of sp³-hybridized carbons (Fsp3) is 0.467. The molecular formula is C15H22N2O. The van der Waals surface area contributed by atoms with Gasteiger partial charge >= 0.3 is 0 Å². The highest BCUT2D eigenvalue weighted by molar-refractivity contribution is 5.70. The molecule has 0 spiro atoms. The van der Waals surface area contributed by atoms with Crippen LogP contribution in [0.2, 0.25) is 0 Å². The van der Waals surface area contributed by atoms with Crippen LogP contribution in [0.15, 0.2) is 24.3 Å². The first-order valence-electron chi connectivity index (χ1n) is 6.41. The molecule has 0 saturated heterocycles. The van der Waals surface area contributed by atoms with Gasteiger partial charge in [0.2, 0.25) is 0 Å². The van der Waals surface area contributed by atoms with Gasteiger partial charge in [0, 0.05) is 6.04 Å². The van der Waals surface area contributed by atoms with E-state index in [2.05, 4.69) is 31.1 Å². The summed E-state index contributed by atoms with van der Waals surface area (Å²) in [6.45, 7) is 0. The Hall–Kier alpha value is -1.48. The first-order chi connectivity index (χ1) is 8.61. The van der Waals surface area contributed by atoms with Crippen LogP contribution >= 0.6 is 0 Å². The molecule has 3 heteroatoms. The van der Waals surface area contributed by atoms with Gasteiger partial charge in [-0.05, 0) is 56.6 Å². The van der Waals surface area contributed by atoms with Gasteiger partial charge in [-0.25, -0.2) is 0 Å². The summed E-state index contributed by atoms with van der Waals surface area (Å²) in [4.78, 5) is 2.30. The second-order valence-electron chi connectivity index (χ2n) is 5.08. The molecule has 1 unspecified atom stereocenters. The van der Waals surface area contributed by atoms with Gasteiger partial charge in [0.05, 0.1) is 12.8 Å². The van der Waals surface area contributed by atoms with Crippen molar-refractivity contribution in [2.75, 3.05) is 26.9 Å². The lowest BCUT2D eigenvalue weighted by Gasteiger charge is -2.27. The maximum Gasteiger partial charge on any atom is 0.142 e. The Balaban J connectivity index is 2.18. The van der Waals surface area contributed by atoms with Crippen molar-refractivity contribution < 1.29 is 4.74 Å². The van der Waals surface area contributed by atoms with E-state index in [-0.39, 0.29) is 0 Å². The van der Waals surface area contributed by atoms with Gasteiger partial charge in [0.15, 0.2) is 0 Å². The summed E-state index contributed by atoms with van der Waals surface area (Å²) in [6.07, 6.45) is 5.80. The second-order valence-corrected chi connectivity index (χ2v) is 5.08. The minimum atomic E-state index is 0.671. The molecule has 0 radical (unpaired) electrons. The van der Waals surface area contributed by atoms with Crippen LogP contribution in [0.1, 0.15) is 24.8 Å². The van der Waals surface area contributed by atoms with Crippen LogP contribution in [0.25, 0.3) is 5.57 Å². The van der Waals surface area contributed by atoms with Crippen molar-refractivity contribution in [2.24, 2.45) is 0 Å². The van der Waals surface area contributed by atoms with E-state index in [1.807, 2.05) is 12.1 Å². The highest BCUT2D eigenvalue weighted by Gasteiger charge is 2.17. The molecule has 18 heavy (non-hydrogen) atoms. The molecule has 1 aliphatic carbocycles. The van der Waals surface area contributed by atoms with Crippen LogP contribution in [0.3, 0.4) is 0 Å². The van der Waals surface area contributed by atoms with E-state index in [1.54, 1.807) is 7.11 Å². The average Bonchev–Trinajstić information content (AvgIpc) is 2.39. The summed E-state index contributed by atoms with van der Waals surface area (Å²) < 4.78 is 5.28. The molecule has 0 aromatic heterocycles. The zero-order chi connectivity index (χ0) is 13.1. The molecule has 0 bridgehead atoms. The normalized spacial score (nSPS) is 19.8. The summed E-state index contributed by atoms with van der Waals surface area (Å²) in [5.74, 6) is 0.767. The second kappa shape index (κ2) is 5.44. The summed E-state index contributed by atoms with van der Waals surface area (Å²) in [7, 11) is 5.96. The number of ether oxygens (including phenoxy) is 1. The minimum Gasteiger partial charge on any atom is -0.495 e. The van der Waals surface area contributed by atoms with Crippen molar-refractivity contribution >= 4 is 11.3 Å². The average molecular weight is 246 g/mol. The van der Waals surface area contributed by atoms with E-state index in [4.69, 9.17) is 10.5 Å². The number of allylic oxidation sites excluding steroid dienone is 1. The number of hydrogen-bond acceptors (Lipinski definition) is 3. The SMILES string of the molecule is COc1cc(C2=CCC(N(C)C)CC2)ccc1N. The van der Waals surface area contributed by atoms with Crippen molar-refractivity contribution in [2.45, 2.75) is 25.3 Å². The molecule has 1 aromatic rings. The molecule has 0 fully saturated rings. The molecule has 0 aliphatic heterocycles. The van der Waals surface area contributed by atoms with E-state index in [9.17, 15) is 0 Å². The van der Waals surface area contributed by atoms with Crippen LogP contribution in [-0.2, 0) is 0 Å². The number of anilines is 1. The maximum absolute atomic E-state index is 5.84. The van der Waals surface area contributed by atoms with Crippen molar-refractivity contribution in [3.05, 3.63) is 29.8 Å². The molecule has 1 aromatic carbocycles. The van der Waals surface area contributed by atoms with E-state index >= 15 is 0 Å². The van der Waals surface area contributed by atoms with Gasteiger partial charge in [-0.2, -0.15) is 0 Å². The zero-order valence-electron chi connectivity index (χ0n) is 11.4. The fourth-order valence-corrected chi connectivity index (χ4v) is 2.46. The fourth-order valence-electron chi connectivity index (χ4n) is 2.46. The Morgan fingerprint density at radius 3 is 2.67 bits per heavy atom. The molecule has 3 nitrogen and oxygen atoms in total. The van der Waals surface area contributed by atoms with Gasteiger partial charge in [0.1, 0.15) is 5.75 Å². The van der Waals surface area contributed by atoms with Gasteiger partial charge in [-0.1, -0.05) is 12.1 Å². The number of rotatable bonds is 3. The van der Waals surface area contributed by atoms with E-state index in [1.165, 1.54) is 17.6 Å². The molecule has 1 atom stereocenters. The third-order valence-corrected chi connectivity index (χ3v) is 3.72. The van der Waals surface area contributed by atoms with Crippen LogP contribution in [0.4, 0.5) is 5.69 Å². The maximum atomic E-state index is 5.84. The number of hydrogen-bond donors (Lipinski definition) is 1. The van der Waals surface area contributed by atoms with E-state index in [0.29, 0.717) is 11.7 Å². The first kappa shape index (κ1) is 13.0. The Bertz CT molecular complexity index is 452. The summed E-state index contributed by atoms with van der Waals surface area (Å²) in [6, 6.07) is 6.72. The van der Waals surface area contributed by atoms with Crippen molar-refractivity contribution in [1.29, 1.82) is 0 Å². The molecule has 2 N–H and O–H groups in total. The van der Waals surface area contributed by atoms with Gasteiger partial charge in [0.25, 0.3) is 0 Å². The quantitative estimate of drug-likeness (QED) is 0.833. The number of benzene rings is 1. The third kappa shape index (κ3) is 2.67. The van der Waals surface area contributed by atoms with Gasteiger partial charge in [-0.15, -0.1) is 0 Å². The van der Waals surface area contributed by atoms with Crippen LogP contribution in [-0.4, -0.2) is 32.1 Å². The Morgan fingerprint density at radius 1 is 1.33 bits per heavy atom. The predicted octanol–water partition coefficient (Wildman–Crippen LogP) is 2.77. The van der Waals surface area contributed by atoms with Gasteiger partial charge < -0.3 is 15.4 Å². The smallest absolute Gasteiger partial charge is 0.142 e. The molecule has 1 aliphatic rings. The largest absolute Gasteiger partial charge is 0.495 e. The Labute approximate surface area is 109 Å². The van der Waals surface area contributed by atoms with Crippen LogP contribution < -0.4 is 10.5 Å². The standard InChI is InChI=1S/C15H22N2O/c1-17(2)13-7-4-11(5-8-13)12-6-9-14(16)15(10-12)18-3/h4,6,9-10,13H,5,7-8,16H2,1-3H3. The molecule has 0 amide bonds. The van der Waals surface area contributed by atoms with E-state index < -0.39 is 0 Å². The highest BCUT2D eigenvalue weighted by atomic mass is 16.5. The summed E-state index contributed by atoms with van der Waals surface area (Å²) in [5.41, 5.74) is 9.18. The monoisotopic (exact) mass is 246 g/mol. The predicted molar refractivity (Wildman–Crippen MR) is 76.7 cm³/mol. The molecule has 0 saturated carbocycles. The number of nitrogen functional groups attached to an aromatic ring is 1. The minimum absolute atomic E-state index is 0.671. The van der Waals surface area contributed by atoms with E-state index in [0.717, 1.165) is 18.6 Å². The van der Waals surface area contributed by atoms with Crippen LogP contribution in [0.5, 0.6) is 5.75 Å². The number of nitrogens with zero attached hydrogens (tertiary/aromatic N) is 1. The van der Waals surface area contributed by atoms with Crippen LogP contribution in [0, 0.1) is 0 Å². The lowest BCUT2D eigenvalue weighted by atomic mass is 9.90. The number of nitrogens with two attached hydrogens (primary N) is 1. The van der Waals surface area contributed by atoms with Crippen molar-refractivity contribution in [3.63, 3.8) is 0 Å². The van der Waals surface area contributed by atoms with Crippen molar-refractivity contribution in [1.82, 2.24) is 4.90 Å².